The van der Waals surface area contributed by atoms with E-state index in [0.29, 0.717) is 40.0 Å². The minimum absolute atomic E-state index is 0.217. The van der Waals surface area contributed by atoms with E-state index in [9.17, 15) is 44.0 Å². The highest BCUT2D eigenvalue weighted by molar-refractivity contribution is 7.87. The highest BCUT2D eigenvalue weighted by Gasteiger charge is 2.43. The lowest BCUT2D eigenvalue weighted by atomic mass is 9.78. The average Bonchev–Trinajstić information content (AvgIpc) is 3.61. The first-order chi connectivity index (χ1) is 21.6. The Bertz CT molecular complexity index is 1280. The van der Waals surface area contributed by atoms with Crippen molar-refractivity contribution in [2.75, 3.05) is 33.3 Å². The molecule has 0 unspecified atom stereocenters. The number of halogens is 4. The maximum atomic E-state index is 13.2. The lowest BCUT2D eigenvalue weighted by Crippen LogP contribution is -2.52. The van der Waals surface area contributed by atoms with Gasteiger partial charge in [0.25, 0.3) is 20.4 Å². The van der Waals surface area contributed by atoms with E-state index in [4.69, 9.17) is 5.11 Å². The zero-order valence-corrected chi connectivity index (χ0v) is 29.0. The summed E-state index contributed by atoms with van der Waals surface area (Å²) in [6.07, 6.45) is 10.2. The van der Waals surface area contributed by atoms with Crippen LogP contribution in [0.3, 0.4) is 0 Å². The van der Waals surface area contributed by atoms with Crippen LogP contribution in [-0.4, -0.2) is 99.7 Å². The zero-order chi connectivity index (χ0) is 35.3. The largest absolute Gasteiger partial charge is 0.480 e. The third-order valence-electron chi connectivity index (χ3n) is 10.1. The van der Waals surface area contributed by atoms with Crippen LogP contribution < -0.4 is 9.44 Å². The van der Waals surface area contributed by atoms with Gasteiger partial charge in [-0.05, 0) is 76.0 Å². The number of carboxylic acids is 1. The number of carbonyl (C=O) groups excluding carboxylic acids is 1. The second-order valence-corrected chi connectivity index (χ2v) is 17.4. The number of nitrogens with one attached hydrogen (secondary N) is 2. The lowest BCUT2D eigenvalue weighted by Gasteiger charge is -2.39. The molecule has 2 heterocycles. The molecule has 2 saturated carbocycles. The Balaban J connectivity index is 0.000000256. The molecule has 47 heavy (non-hydrogen) atoms. The van der Waals surface area contributed by atoms with Crippen LogP contribution in [0.4, 0.5) is 17.6 Å². The first-order valence-electron chi connectivity index (χ1n) is 16.2. The monoisotopic (exact) mass is 722 g/mol. The van der Waals surface area contributed by atoms with Crippen LogP contribution in [0.25, 0.3) is 0 Å². The van der Waals surface area contributed by atoms with Crippen molar-refractivity contribution in [3.8, 4) is 0 Å². The van der Waals surface area contributed by atoms with Crippen molar-refractivity contribution in [1.82, 2.24) is 18.1 Å². The van der Waals surface area contributed by atoms with E-state index in [2.05, 4.69) is 9.46 Å². The quantitative estimate of drug-likeness (QED) is 0.201. The topological polar surface area (TPSA) is 162 Å². The maximum Gasteiger partial charge on any atom is 0.324 e. The Labute approximate surface area is 275 Å². The number of methoxy groups -OCH3 is 1. The van der Waals surface area contributed by atoms with Crippen molar-refractivity contribution in [2.24, 2.45) is 10.8 Å². The van der Waals surface area contributed by atoms with Crippen molar-refractivity contribution in [3.63, 3.8) is 0 Å². The lowest BCUT2D eigenvalue weighted by molar-refractivity contribution is -0.145. The number of carboxylic acid groups (broad SMARTS) is 1. The first kappa shape index (κ1) is 39.8. The van der Waals surface area contributed by atoms with E-state index in [1.54, 1.807) is 0 Å². The average molecular weight is 723 g/mol. The third-order valence-corrected chi connectivity index (χ3v) is 13.3. The Morgan fingerprint density at radius 3 is 1.32 bits per heavy atom. The van der Waals surface area contributed by atoms with Gasteiger partial charge in [-0.1, -0.05) is 25.7 Å². The molecule has 274 valence electrons. The summed E-state index contributed by atoms with van der Waals surface area (Å²) in [4.78, 5) is 22.7. The van der Waals surface area contributed by atoms with E-state index in [1.807, 2.05) is 4.72 Å². The Morgan fingerprint density at radius 1 is 0.702 bits per heavy atom. The molecule has 12 nitrogen and oxygen atoms in total. The Kier molecular flexibility index (Phi) is 13.2. The van der Waals surface area contributed by atoms with Gasteiger partial charge in [-0.2, -0.15) is 34.9 Å². The molecule has 2 saturated heterocycles. The van der Waals surface area contributed by atoms with Gasteiger partial charge in [-0.25, -0.2) is 17.6 Å². The second kappa shape index (κ2) is 15.5. The fourth-order valence-corrected chi connectivity index (χ4v) is 10.1. The predicted molar refractivity (Wildman–Crippen MR) is 165 cm³/mol. The molecule has 18 heteroatoms. The van der Waals surface area contributed by atoms with Gasteiger partial charge in [0.05, 0.1) is 7.11 Å². The minimum atomic E-state index is -4.08. The van der Waals surface area contributed by atoms with Gasteiger partial charge in [0.1, 0.15) is 12.1 Å². The van der Waals surface area contributed by atoms with E-state index >= 15 is 0 Å². The smallest absolute Gasteiger partial charge is 0.324 e. The molecule has 2 spiro atoms. The standard InChI is InChI=1S/C15H26F2N2O4S.C14H24F2N2O4S/c1-14(16,17)11-12(13(20)23-2)18-24(21,22)19-9-7-15(8-10-19)5-3-4-6-15;1-13(15,16)10-11(12(19)20)17-23(21,22)18-8-6-14(7-9-18)4-2-3-5-14/h12,18H,3-11H2,1-2H3;11,17H,2-10H2,1H3,(H,19,20)/t12-;11-/m00/s1. The van der Waals surface area contributed by atoms with Gasteiger partial charge >= 0.3 is 11.9 Å². The van der Waals surface area contributed by atoms with Crippen molar-refractivity contribution in [3.05, 3.63) is 0 Å². The van der Waals surface area contributed by atoms with Gasteiger partial charge in [-0.3, -0.25) is 9.59 Å². The molecule has 4 rings (SSSR count). The SMILES string of the molecule is CC(F)(F)C[C@H](NS(=O)(=O)N1CCC2(CCCC2)CC1)C(=O)O.COC(=O)[C@H](CC(C)(F)F)NS(=O)(=O)N1CCC2(CCCC2)CC1. The molecule has 0 amide bonds. The van der Waals surface area contributed by atoms with E-state index in [1.165, 1.54) is 21.5 Å². The number of carbonyl (C=O) groups is 2. The molecule has 0 radical (unpaired) electrons. The molecule has 2 aliphatic heterocycles. The molecule has 0 aromatic heterocycles. The Hall–Kier alpha value is -1.60. The molecule has 3 N–H and O–H groups in total. The number of piperidine rings is 2. The maximum absolute atomic E-state index is 13.2. The molecule has 2 aliphatic carbocycles. The van der Waals surface area contributed by atoms with Gasteiger partial charge in [0.2, 0.25) is 11.8 Å². The van der Waals surface area contributed by atoms with E-state index in [0.717, 1.165) is 71.3 Å². The number of ether oxygens (including phenoxy) is 1. The molecular formula is C29H50F4N4O8S2. The van der Waals surface area contributed by atoms with Crippen molar-refractivity contribution in [2.45, 2.75) is 128 Å². The number of esters is 1. The van der Waals surface area contributed by atoms with Crippen molar-refractivity contribution < 1.29 is 53.8 Å². The molecule has 0 aromatic carbocycles. The van der Waals surface area contributed by atoms with Gasteiger partial charge in [-0.15, -0.1) is 0 Å². The molecular weight excluding hydrogens is 672 g/mol. The number of aliphatic carboxylic acids is 1. The summed E-state index contributed by atoms with van der Waals surface area (Å²) in [5, 5.41) is 8.99. The molecule has 4 fully saturated rings. The second-order valence-electron chi connectivity index (χ2n) is 14.0. The Morgan fingerprint density at radius 2 is 1.02 bits per heavy atom. The first-order valence-corrected chi connectivity index (χ1v) is 19.1. The number of alkyl halides is 4. The van der Waals surface area contributed by atoms with Crippen LogP contribution in [0.15, 0.2) is 0 Å². The minimum Gasteiger partial charge on any atom is -0.480 e. The zero-order valence-electron chi connectivity index (χ0n) is 27.4. The van der Waals surface area contributed by atoms with Crippen LogP contribution in [0.1, 0.15) is 104 Å². The number of hydrogen-bond acceptors (Lipinski definition) is 7. The van der Waals surface area contributed by atoms with Crippen molar-refractivity contribution in [1.29, 1.82) is 0 Å². The van der Waals surface area contributed by atoms with Crippen molar-refractivity contribution >= 4 is 32.4 Å². The summed E-state index contributed by atoms with van der Waals surface area (Å²) in [5.74, 6) is -9.05. The summed E-state index contributed by atoms with van der Waals surface area (Å²) in [6, 6.07) is -3.43. The molecule has 0 bridgehead atoms. The highest BCUT2D eigenvalue weighted by Crippen LogP contribution is 2.47. The summed E-state index contributed by atoms with van der Waals surface area (Å²) in [5.41, 5.74) is 0.457. The summed E-state index contributed by atoms with van der Waals surface area (Å²) < 4.78 is 113. The number of hydrogen-bond donors (Lipinski definition) is 3. The molecule has 4 aliphatic rings. The summed E-state index contributed by atoms with van der Waals surface area (Å²) in [6.45, 7) is 2.54. The molecule has 2 atom stereocenters. The van der Waals surface area contributed by atoms with Gasteiger partial charge in [0.15, 0.2) is 0 Å². The highest BCUT2D eigenvalue weighted by atomic mass is 32.2. The normalized spacial score (nSPS) is 23.6. The van der Waals surface area contributed by atoms with Crippen LogP contribution in [0, 0.1) is 10.8 Å². The van der Waals surface area contributed by atoms with Crippen LogP contribution >= 0.6 is 0 Å². The fourth-order valence-electron chi connectivity index (χ4n) is 7.37. The number of nitrogens with zero attached hydrogens (tertiary/aromatic N) is 2. The summed E-state index contributed by atoms with van der Waals surface area (Å²) in [7, 11) is -7.04. The van der Waals surface area contributed by atoms with Crippen LogP contribution in [0.5, 0.6) is 0 Å². The van der Waals surface area contributed by atoms with E-state index < -0.39 is 69.1 Å². The summed E-state index contributed by atoms with van der Waals surface area (Å²) >= 11 is 0. The fraction of sp³-hybridized carbons (Fsp3) is 0.931. The van der Waals surface area contributed by atoms with Crippen LogP contribution in [0.2, 0.25) is 0 Å². The number of rotatable bonds is 12. The van der Waals surface area contributed by atoms with E-state index in [-0.39, 0.29) is 10.8 Å². The van der Waals surface area contributed by atoms with Gasteiger partial charge < -0.3 is 9.84 Å². The predicted octanol–water partition coefficient (Wildman–Crippen LogP) is 4.04. The van der Waals surface area contributed by atoms with Crippen LogP contribution in [-0.2, 0) is 34.7 Å². The molecule has 0 aromatic rings. The third kappa shape index (κ3) is 11.8. The van der Waals surface area contributed by atoms with Gasteiger partial charge in [0, 0.05) is 39.0 Å².